The minimum absolute atomic E-state index is 0.279. The molecule has 166 valence electrons. The lowest BCUT2D eigenvalue weighted by Gasteiger charge is -2.35. The van der Waals surface area contributed by atoms with Gasteiger partial charge in [-0.3, -0.25) is 0 Å². The molecule has 33 heavy (non-hydrogen) atoms. The van der Waals surface area contributed by atoms with E-state index in [-0.39, 0.29) is 5.54 Å². The number of rotatable bonds is 7. The molecule has 0 aliphatic carbocycles. The highest BCUT2D eigenvalue weighted by molar-refractivity contribution is 8.13. The van der Waals surface area contributed by atoms with Gasteiger partial charge in [0.05, 0.1) is 26.0 Å². The third-order valence-electron chi connectivity index (χ3n) is 5.41. The molecule has 0 amide bonds. The minimum atomic E-state index is -0.279. The number of hydrogen-bond donors (Lipinski definition) is 0. The van der Waals surface area contributed by atoms with Crippen molar-refractivity contribution in [3.63, 3.8) is 0 Å². The first-order valence-corrected chi connectivity index (χ1v) is 13.7. The van der Waals surface area contributed by atoms with Gasteiger partial charge in [-0.25, -0.2) is 9.97 Å². The highest BCUT2D eigenvalue weighted by Crippen LogP contribution is 2.47. The van der Waals surface area contributed by atoms with E-state index in [2.05, 4.69) is 84.8 Å². The molecule has 0 bridgehead atoms. The summed E-state index contributed by atoms with van der Waals surface area (Å²) < 4.78 is 6.79. The second-order valence-electron chi connectivity index (χ2n) is 8.25. The van der Waals surface area contributed by atoms with Gasteiger partial charge in [-0.15, -0.1) is 22.7 Å². The molecule has 0 aliphatic rings. The molecule has 0 saturated carbocycles. The maximum absolute atomic E-state index is 4.88. The van der Waals surface area contributed by atoms with Crippen LogP contribution in [0.2, 0.25) is 0 Å². The molecule has 5 aromatic rings. The second-order valence-corrected chi connectivity index (χ2v) is 12.9. The third kappa shape index (κ3) is 4.74. The summed E-state index contributed by atoms with van der Waals surface area (Å²) >= 11 is 6.82. The van der Waals surface area contributed by atoms with Crippen molar-refractivity contribution < 1.29 is 0 Å². The van der Waals surface area contributed by atoms with E-state index in [1.165, 1.54) is 20.5 Å². The predicted molar refractivity (Wildman–Crippen MR) is 147 cm³/mol. The maximum atomic E-state index is 4.88. The molecule has 0 atom stereocenters. The zero-order valence-corrected chi connectivity index (χ0v) is 21.9. The van der Waals surface area contributed by atoms with Gasteiger partial charge >= 0.3 is 0 Å². The first kappa shape index (κ1) is 22.6. The predicted octanol–water partition coefficient (Wildman–Crippen LogP) is 8.89. The zero-order chi connectivity index (χ0) is 23.0. The Kier molecular flexibility index (Phi) is 6.33. The van der Waals surface area contributed by atoms with E-state index < -0.39 is 0 Å². The Morgan fingerprint density at radius 3 is 1.73 bits per heavy atom. The van der Waals surface area contributed by atoms with Crippen LogP contribution in [0.25, 0.3) is 26.0 Å². The van der Waals surface area contributed by atoms with Crippen LogP contribution in [0.5, 0.6) is 0 Å². The van der Waals surface area contributed by atoms with Crippen LogP contribution in [0.1, 0.15) is 31.9 Å². The molecule has 0 fully saturated rings. The summed E-state index contributed by atoms with van der Waals surface area (Å²) in [6.45, 7) is 10.6. The van der Waals surface area contributed by atoms with Crippen LogP contribution < -0.4 is 0 Å². The summed E-state index contributed by atoms with van der Waals surface area (Å²) in [5.41, 5.74) is 5.27. The highest BCUT2D eigenvalue weighted by Gasteiger charge is 2.33. The van der Waals surface area contributed by atoms with Gasteiger partial charge < -0.3 is 0 Å². The van der Waals surface area contributed by atoms with Crippen molar-refractivity contribution in [3.8, 4) is 0 Å². The summed E-state index contributed by atoms with van der Waals surface area (Å²) in [4.78, 5) is 9.76. The van der Waals surface area contributed by atoms with E-state index in [1.807, 2.05) is 19.1 Å². The molecular formula is C26H23N3S4. The average Bonchev–Trinajstić information content (AvgIpc) is 3.41. The fourth-order valence-corrected chi connectivity index (χ4v) is 8.20. The molecule has 0 unspecified atom stereocenters. The Morgan fingerprint density at radius 2 is 1.27 bits per heavy atom. The minimum Gasteiger partial charge on any atom is -0.228 e. The van der Waals surface area contributed by atoms with Crippen molar-refractivity contribution in [3.05, 3.63) is 90.5 Å². The van der Waals surface area contributed by atoms with E-state index in [9.17, 15) is 0 Å². The van der Waals surface area contributed by atoms with Gasteiger partial charge in [-0.2, -0.15) is 3.71 Å². The standard InChI is InChI=1S/C26H23N3S4/c1-17(2)18-13-15-19(16-14-18)26(3,4)29(32-24-27-20-9-5-7-11-22(20)30-24)33-25-28-21-10-6-8-12-23(21)31-25/h5-16H,1H2,2-4H3. The number of hydrogen-bond acceptors (Lipinski definition) is 7. The lowest BCUT2D eigenvalue weighted by Crippen LogP contribution is -2.31. The quantitative estimate of drug-likeness (QED) is 0.206. The fraction of sp³-hybridized carbons (Fsp3) is 0.154. The Balaban J connectivity index is 1.51. The maximum Gasteiger partial charge on any atom is 0.167 e. The topological polar surface area (TPSA) is 29.0 Å². The van der Waals surface area contributed by atoms with Crippen LogP contribution in [-0.4, -0.2) is 13.7 Å². The largest absolute Gasteiger partial charge is 0.228 e. The number of fused-ring (bicyclic) bond motifs is 2. The van der Waals surface area contributed by atoms with Crippen molar-refractivity contribution in [1.29, 1.82) is 0 Å². The summed E-state index contributed by atoms with van der Waals surface area (Å²) in [7, 11) is 0. The van der Waals surface area contributed by atoms with Crippen molar-refractivity contribution in [2.75, 3.05) is 0 Å². The van der Waals surface area contributed by atoms with Gasteiger partial charge in [0.2, 0.25) is 0 Å². The molecule has 0 radical (unpaired) electrons. The number of thiazole rings is 2. The van der Waals surface area contributed by atoms with Crippen LogP contribution in [-0.2, 0) is 5.54 Å². The molecule has 0 spiro atoms. The normalized spacial score (nSPS) is 12.1. The smallest absolute Gasteiger partial charge is 0.167 e. The monoisotopic (exact) mass is 505 g/mol. The van der Waals surface area contributed by atoms with Crippen LogP contribution in [0.3, 0.4) is 0 Å². The van der Waals surface area contributed by atoms with E-state index in [4.69, 9.17) is 9.97 Å². The number of para-hydroxylation sites is 2. The molecule has 2 aromatic heterocycles. The number of allylic oxidation sites excluding steroid dienone is 1. The SMILES string of the molecule is C=C(C)c1ccc(C(C)(C)N(Sc2nc3ccccc3s2)Sc2nc3ccccc3s2)cc1. The molecule has 5 rings (SSSR count). The Morgan fingerprint density at radius 1 is 0.788 bits per heavy atom. The lowest BCUT2D eigenvalue weighted by molar-refractivity contribution is 0.386. The summed E-state index contributed by atoms with van der Waals surface area (Å²) in [5, 5.41) is 0. The Hall–Kier alpha value is -2.16. The molecule has 3 aromatic carbocycles. The van der Waals surface area contributed by atoms with Gasteiger partial charge in [0.25, 0.3) is 0 Å². The van der Waals surface area contributed by atoms with Crippen molar-refractivity contribution in [1.82, 2.24) is 13.7 Å². The van der Waals surface area contributed by atoms with Crippen molar-refractivity contribution in [2.24, 2.45) is 0 Å². The van der Waals surface area contributed by atoms with Crippen molar-refractivity contribution in [2.45, 2.75) is 35.0 Å². The molecule has 0 N–H and O–H groups in total. The summed E-state index contributed by atoms with van der Waals surface area (Å²) in [6, 6.07) is 25.3. The van der Waals surface area contributed by atoms with Gasteiger partial charge in [-0.05, 0) is 56.2 Å². The molecule has 0 aliphatic heterocycles. The van der Waals surface area contributed by atoms with Gasteiger partial charge in [0.1, 0.15) is 0 Å². The Labute approximate surface area is 210 Å². The van der Waals surface area contributed by atoms with Crippen LogP contribution >= 0.6 is 46.6 Å². The molecule has 7 heteroatoms. The average molecular weight is 506 g/mol. The first-order valence-electron chi connectivity index (χ1n) is 10.5. The van der Waals surface area contributed by atoms with E-state index in [0.29, 0.717) is 0 Å². The van der Waals surface area contributed by atoms with Gasteiger partial charge in [0, 0.05) is 23.9 Å². The van der Waals surface area contributed by atoms with Crippen LogP contribution in [0, 0.1) is 0 Å². The number of aromatic nitrogens is 2. The molecule has 2 heterocycles. The van der Waals surface area contributed by atoms with Crippen LogP contribution in [0.4, 0.5) is 0 Å². The van der Waals surface area contributed by atoms with Gasteiger partial charge in [-0.1, -0.05) is 60.7 Å². The third-order valence-corrected chi connectivity index (χ3v) is 10.2. The van der Waals surface area contributed by atoms with E-state index in [0.717, 1.165) is 25.3 Å². The summed E-state index contributed by atoms with van der Waals surface area (Å²) in [5.74, 6) is 0. The zero-order valence-electron chi connectivity index (χ0n) is 18.6. The van der Waals surface area contributed by atoms with Crippen molar-refractivity contribution >= 4 is 72.6 Å². The summed E-state index contributed by atoms with van der Waals surface area (Å²) in [6.07, 6.45) is 0. The lowest BCUT2D eigenvalue weighted by atomic mass is 9.94. The van der Waals surface area contributed by atoms with Crippen LogP contribution in [0.15, 0.2) is 88.1 Å². The fourth-order valence-electron chi connectivity index (χ4n) is 3.44. The number of nitrogens with zero attached hydrogens (tertiary/aromatic N) is 3. The van der Waals surface area contributed by atoms with E-state index in [1.54, 1.807) is 46.6 Å². The second kappa shape index (κ2) is 9.24. The Bertz CT molecular complexity index is 1290. The number of benzene rings is 3. The molecule has 3 nitrogen and oxygen atoms in total. The first-order chi connectivity index (χ1) is 15.9. The van der Waals surface area contributed by atoms with Gasteiger partial charge in [0.15, 0.2) is 8.68 Å². The van der Waals surface area contributed by atoms with E-state index >= 15 is 0 Å². The molecule has 0 saturated heterocycles. The highest BCUT2D eigenvalue weighted by atomic mass is 32.2. The molecular weight excluding hydrogens is 483 g/mol.